The molecule has 20 heavy (non-hydrogen) atoms. The molecule has 1 aliphatic rings. The molecule has 2 atom stereocenters. The van der Waals surface area contributed by atoms with E-state index < -0.39 is 5.97 Å². The van der Waals surface area contributed by atoms with E-state index in [-0.39, 0.29) is 17.9 Å². The summed E-state index contributed by atoms with van der Waals surface area (Å²) in [5.74, 6) is -0.216. The number of aliphatic hydroxyl groups excluding tert-OH is 1. The number of aliphatic hydroxyl groups is 1. The van der Waals surface area contributed by atoms with Crippen molar-refractivity contribution in [2.75, 3.05) is 34.3 Å². The van der Waals surface area contributed by atoms with Crippen LogP contribution >= 0.6 is 0 Å². The summed E-state index contributed by atoms with van der Waals surface area (Å²) in [5, 5.41) is 9.86. The lowest BCUT2D eigenvalue weighted by Crippen LogP contribution is -2.37. The van der Waals surface area contributed by atoms with E-state index in [0.29, 0.717) is 13.1 Å². The predicted molar refractivity (Wildman–Crippen MR) is 73.4 cm³/mol. The van der Waals surface area contributed by atoms with Crippen LogP contribution in [0.25, 0.3) is 0 Å². The van der Waals surface area contributed by atoms with Crippen LogP contribution in [0.2, 0.25) is 0 Å². The molecule has 0 radical (unpaired) electrons. The van der Waals surface area contributed by atoms with Gasteiger partial charge in [-0.1, -0.05) is 0 Å². The van der Waals surface area contributed by atoms with Gasteiger partial charge in [0.15, 0.2) is 0 Å². The van der Waals surface area contributed by atoms with Crippen LogP contribution in [0.5, 0.6) is 0 Å². The minimum absolute atomic E-state index is 0.248. The Balaban J connectivity index is 2.08. The first-order chi connectivity index (χ1) is 9.51. The lowest BCUT2D eigenvalue weighted by Gasteiger charge is -2.26. The number of likely N-dealkylation sites (tertiary alicyclic amines) is 1. The second-order valence-corrected chi connectivity index (χ2v) is 5.50. The van der Waals surface area contributed by atoms with Crippen LogP contribution in [-0.4, -0.2) is 67.3 Å². The van der Waals surface area contributed by atoms with Crippen molar-refractivity contribution in [3.63, 3.8) is 0 Å². The van der Waals surface area contributed by atoms with Crippen molar-refractivity contribution >= 4 is 5.97 Å². The molecule has 0 aliphatic carbocycles. The molecule has 0 aromatic carbocycles. The van der Waals surface area contributed by atoms with E-state index in [4.69, 9.17) is 9.15 Å². The van der Waals surface area contributed by atoms with E-state index in [1.807, 2.05) is 14.1 Å². The van der Waals surface area contributed by atoms with Gasteiger partial charge >= 0.3 is 5.97 Å². The maximum atomic E-state index is 11.6. The molecule has 0 saturated carbocycles. The molecule has 1 aromatic heterocycles. The molecule has 6 nitrogen and oxygen atoms in total. The zero-order valence-electron chi connectivity index (χ0n) is 12.2. The molecule has 1 N–H and O–H groups in total. The largest absolute Gasteiger partial charge is 0.463 e. The number of carbonyl (C=O) groups excluding carboxylic acids is 1. The molecule has 1 aromatic rings. The summed E-state index contributed by atoms with van der Waals surface area (Å²) in [5.41, 5.74) is 0.801. The molecular formula is C14H22N2O4. The van der Waals surface area contributed by atoms with Crippen molar-refractivity contribution in [1.29, 1.82) is 0 Å². The van der Waals surface area contributed by atoms with Gasteiger partial charge in [-0.2, -0.15) is 0 Å². The lowest BCUT2D eigenvalue weighted by molar-refractivity contribution is 0.0561. The smallest absolute Gasteiger partial charge is 0.374 e. The highest BCUT2D eigenvalue weighted by atomic mass is 16.5. The van der Waals surface area contributed by atoms with Crippen molar-refractivity contribution in [1.82, 2.24) is 9.80 Å². The summed E-state index contributed by atoms with van der Waals surface area (Å²) in [4.78, 5) is 15.9. The fraction of sp³-hybridized carbons (Fsp3) is 0.643. The molecule has 6 heteroatoms. The SMILES string of the molecule is COC(=O)c1occc1CN1CC(O)CC1CN(C)C. The monoisotopic (exact) mass is 282 g/mol. The summed E-state index contributed by atoms with van der Waals surface area (Å²) >= 11 is 0. The highest BCUT2D eigenvalue weighted by Crippen LogP contribution is 2.23. The summed E-state index contributed by atoms with van der Waals surface area (Å²) < 4.78 is 9.90. The van der Waals surface area contributed by atoms with Crippen molar-refractivity contribution in [2.24, 2.45) is 0 Å². The van der Waals surface area contributed by atoms with Crippen LogP contribution in [0, 0.1) is 0 Å². The topological polar surface area (TPSA) is 66.1 Å². The van der Waals surface area contributed by atoms with Crippen molar-refractivity contribution in [2.45, 2.75) is 25.1 Å². The zero-order valence-corrected chi connectivity index (χ0v) is 12.2. The summed E-state index contributed by atoms with van der Waals surface area (Å²) in [6.45, 7) is 2.07. The molecule has 0 spiro atoms. The van der Waals surface area contributed by atoms with E-state index in [9.17, 15) is 9.90 Å². The molecule has 0 amide bonds. The second kappa shape index (κ2) is 6.39. The van der Waals surface area contributed by atoms with E-state index in [1.54, 1.807) is 6.07 Å². The molecular weight excluding hydrogens is 260 g/mol. The Bertz CT molecular complexity index is 458. The molecule has 112 valence electrons. The number of rotatable bonds is 5. The number of likely N-dealkylation sites (N-methyl/N-ethyl adjacent to an activating group) is 1. The van der Waals surface area contributed by atoms with Gasteiger partial charge in [0.1, 0.15) is 0 Å². The third-order valence-corrected chi connectivity index (χ3v) is 3.57. The average Bonchev–Trinajstić information content (AvgIpc) is 2.96. The molecule has 2 heterocycles. The van der Waals surface area contributed by atoms with Gasteiger partial charge in [0.2, 0.25) is 5.76 Å². The van der Waals surface area contributed by atoms with Gasteiger partial charge in [0, 0.05) is 31.2 Å². The van der Waals surface area contributed by atoms with Crippen LogP contribution in [0.3, 0.4) is 0 Å². The summed E-state index contributed by atoms with van der Waals surface area (Å²) in [7, 11) is 5.37. The summed E-state index contributed by atoms with van der Waals surface area (Å²) in [6, 6.07) is 2.06. The van der Waals surface area contributed by atoms with Gasteiger partial charge < -0.3 is 19.2 Å². The Morgan fingerprint density at radius 1 is 1.60 bits per heavy atom. The molecule has 0 bridgehead atoms. The number of ether oxygens (including phenoxy) is 1. The molecule has 1 fully saturated rings. The molecule has 1 saturated heterocycles. The minimum atomic E-state index is -0.464. The Morgan fingerprint density at radius 2 is 2.35 bits per heavy atom. The molecule has 2 rings (SSSR count). The normalized spacial score (nSPS) is 23.4. The van der Waals surface area contributed by atoms with E-state index in [1.165, 1.54) is 13.4 Å². The summed E-state index contributed by atoms with van der Waals surface area (Å²) in [6.07, 6.45) is 1.94. The number of carbonyl (C=O) groups is 1. The first-order valence-electron chi connectivity index (χ1n) is 6.72. The second-order valence-electron chi connectivity index (χ2n) is 5.50. The van der Waals surface area contributed by atoms with Crippen LogP contribution < -0.4 is 0 Å². The van der Waals surface area contributed by atoms with Gasteiger partial charge in [-0.05, 0) is 26.6 Å². The number of hydrogen-bond donors (Lipinski definition) is 1. The third-order valence-electron chi connectivity index (χ3n) is 3.57. The number of β-amino-alcohol motifs (C(OH)–C–C–N with tert-alkyl or cyclic N) is 1. The highest BCUT2D eigenvalue weighted by Gasteiger charge is 2.32. The van der Waals surface area contributed by atoms with E-state index >= 15 is 0 Å². The zero-order chi connectivity index (χ0) is 14.7. The lowest BCUT2D eigenvalue weighted by atomic mass is 10.1. The number of hydrogen-bond acceptors (Lipinski definition) is 6. The Hall–Kier alpha value is -1.37. The first kappa shape index (κ1) is 15.0. The average molecular weight is 282 g/mol. The standard InChI is InChI=1S/C14H22N2O4/c1-15(2)8-11-6-12(17)9-16(11)7-10-4-5-20-13(10)14(18)19-3/h4-5,11-12,17H,6-9H2,1-3H3. The van der Waals surface area contributed by atoms with Crippen molar-refractivity contribution in [3.05, 3.63) is 23.7 Å². The first-order valence-corrected chi connectivity index (χ1v) is 6.72. The highest BCUT2D eigenvalue weighted by molar-refractivity contribution is 5.87. The van der Waals surface area contributed by atoms with Crippen LogP contribution in [0.4, 0.5) is 0 Å². The number of furan rings is 1. The quantitative estimate of drug-likeness (QED) is 0.796. The van der Waals surface area contributed by atoms with Gasteiger partial charge in [-0.25, -0.2) is 4.79 Å². The van der Waals surface area contributed by atoms with Gasteiger partial charge in [0.05, 0.1) is 19.5 Å². The van der Waals surface area contributed by atoms with Crippen LogP contribution in [0.15, 0.2) is 16.7 Å². The van der Waals surface area contributed by atoms with Crippen LogP contribution in [-0.2, 0) is 11.3 Å². The maximum Gasteiger partial charge on any atom is 0.374 e. The fourth-order valence-electron chi connectivity index (χ4n) is 2.71. The molecule has 2 unspecified atom stereocenters. The van der Waals surface area contributed by atoms with E-state index in [0.717, 1.165) is 18.5 Å². The molecule has 1 aliphatic heterocycles. The Kier molecular flexibility index (Phi) is 4.80. The maximum absolute atomic E-state index is 11.6. The van der Waals surface area contributed by atoms with Crippen LogP contribution in [0.1, 0.15) is 22.5 Å². The minimum Gasteiger partial charge on any atom is -0.463 e. The van der Waals surface area contributed by atoms with Gasteiger partial charge in [-0.3, -0.25) is 4.90 Å². The third kappa shape index (κ3) is 3.39. The number of esters is 1. The van der Waals surface area contributed by atoms with Gasteiger partial charge in [-0.15, -0.1) is 0 Å². The predicted octanol–water partition coefficient (Wildman–Crippen LogP) is 0.563. The Morgan fingerprint density at radius 3 is 3.00 bits per heavy atom. The van der Waals surface area contributed by atoms with Gasteiger partial charge in [0.25, 0.3) is 0 Å². The van der Waals surface area contributed by atoms with E-state index in [2.05, 4.69) is 9.80 Å². The fourth-order valence-corrected chi connectivity index (χ4v) is 2.71. The van der Waals surface area contributed by atoms with Crippen molar-refractivity contribution in [3.8, 4) is 0 Å². The Labute approximate surface area is 118 Å². The number of nitrogens with zero attached hydrogens (tertiary/aromatic N) is 2. The number of methoxy groups -OCH3 is 1. The van der Waals surface area contributed by atoms with Crippen molar-refractivity contribution < 1.29 is 19.1 Å².